The van der Waals surface area contributed by atoms with Crippen molar-refractivity contribution < 1.29 is 0 Å². The lowest BCUT2D eigenvalue weighted by Crippen LogP contribution is -2.13. The van der Waals surface area contributed by atoms with Crippen molar-refractivity contribution in [1.29, 1.82) is 0 Å². The third kappa shape index (κ3) is 2.59. The Morgan fingerprint density at radius 1 is 1.25 bits per heavy atom. The number of nitrogens with zero attached hydrogens (tertiary/aromatic N) is 2. The largest absolute Gasteiger partial charge is 0.323 e. The highest BCUT2D eigenvalue weighted by atomic mass is 14.9. The Morgan fingerprint density at radius 2 is 1.94 bits per heavy atom. The standard InChI is InChI=1S/C13H21N3/c1-9(14)12-8-13(16-10(2)15-12)11-6-4-3-5-7-11/h8-9,11H,3-7,14H2,1-2H3. The van der Waals surface area contributed by atoms with Gasteiger partial charge >= 0.3 is 0 Å². The second kappa shape index (κ2) is 4.91. The lowest BCUT2D eigenvalue weighted by molar-refractivity contribution is 0.435. The molecule has 2 rings (SSSR count). The molecule has 1 fully saturated rings. The quantitative estimate of drug-likeness (QED) is 0.832. The van der Waals surface area contributed by atoms with E-state index in [1.807, 2.05) is 13.8 Å². The number of aryl methyl sites for hydroxylation is 1. The van der Waals surface area contributed by atoms with E-state index in [4.69, 9.17) is 5.73 Å². The maximum absolute atomic E-state index is 5.89. The van der Waals surface area contributed by atoms with Gasteiger partial charge < -0.3 is 5.73 Å². The summed E-state index contributed by atoms with van der Waals surface area (Å²) in [6, 6.07) is 2.11. The highest BCUT2D eigenvalue weighted by Gasteiger charge is 2.18. The van der Waals surface area contributed by atoms with Gasteiger partial charge in [0, 0.05) is 17.7 Å². The predicted octanol–water partition coefficient (Wildman–Crippen LogP) is 2.85. The van der Waals surface area contributed by atoms with Gasteiger partial charge in [-0.2, -0.15) is 0 Å². The van der Waals surface area contributed by atoms with Gasteiger partial charge in [-0.1, -0.05) is 19.3 Å². The maximum Gasteiger partial charge on any atom is 0.125 e. The van der Waals surface area contributed by atoms with E-state index in [1.54, 1.807) is 0 Å². The summed E-state index contributed by atoms with van der Waals surface area (Å²) in [6.07, 6.45) is 6.59. The summed E-state index contributed by atoms with van der Waals surface area (Å²) in [5.41, 5.74) is 8.08. The van der Waals surface area contributed by atoms with Gasteiger partial charge in [-0.05, 0) is 32.8 Å². The number of hydrogen-bond acceptors (Lipinski definition) is 3. The first kappa shape index (κ1) is 11.5. The van der Waals surface area contributed by atoms with E-state index >= 15 is 0 Å². The molecular formula is C13H21N3. The smallest absolute Gasteiger partial charge is 0.125 e. The zero-order valence-electron chi connectivity index (χ0n) is 10.2. The summed E-state index contributed by atoms with van der Waals surface area (Å²) >= 11 is 0. The average Bonchev–Trinajstić information content (AvgIpc) is 2.29. The number of nitrogens with two attached hydrogens (primary N) is 1. The molecule has 1 saturated carbocycles. The molecule has 0 aliphatic heterocycles. The lowest BCUT2D eigenvalue weighted by atomic mass is 9.86. The average molecular weight is 219 g/mol. The van der Waals surface area contributed by atoms with Gasteiger partial charge in [0.2, 0.25) is 0 Å². The Labute approximate surface area is 97.5 Å². The number of aromatic nitrogens is 2. The van der Waals surface area contributed by atoms with Gasteiger partial charge in [-0.15, -0.1) is 0 Å². The summed E-state index contributed by atoms with van der Waals surface area (Å²) < 4.78 is 0. The number of rotatable bonds is 2. The van der Waals surface area contributed by atoms with Gasteiger partial charge in [0.05, 0.1) is 5.69 Å². The summed E-state index contributed by atoms with van der Waals surface area (Å²) in [4.78, 5) is 8.97. The maximum atomic E-state index is 5.89. The molecule has 0 aromatic carbocycles. The van der Waals surface area contributed by atoms with Crippen LogP contribution in [-0.2, 0) is 0 Å². The lowest BCUT2D eigenvalue weighted by Gasteiger charge is -2.22. The predicted molar refractivity (Wildman–Crippen MR) is 65.2 cm³/mol. The Hall–Kier alpha value is -0.960. The van der Waals surface area contributed by atoms with Crippen LogP contribution in [0.5, 0.6) is 0 Å². The molecule has 1 aliphatic carbocycles. The minimum Gasteiger partial charge on any atom is -0.323 e. The second-order valence-electron chi connectivity index (χ2n) is 4.89. The van der Waals surface area contributed by atoms with Gasteiger partial charge in [-0.3, -0.25) is 0 Å². The summed E-state index contributed by atoms with van der Waals surface area (Å²) in [5.74, 6) is 1.49. The van der Waals surface area contributed by atoms with Gasteiger partial charge in [0.1, 0.15) is 5.82 Å². The van der Waals surface area contributed by atoms with Crippen molar-refractivity contribution in [2.75, 3.05) is 0 Å². The fourth-order valence-corrected chi connectivity index (χ4v) is 2.46. The van der Waals surface area contributed by atoms with Gasteiger partial charge in [0.25, 0.3) is 0 Å². The molecule has 3 heteroatoms. The van der Waals surface area contributed by atoms with Gasteiger partial charge in [-0.25, -0.2) is 9.97 Å². The first-order chi connectivity index (χ1) is 7.66. The third-order valence-electron chi connectivity index (χ3n) is 3.37. The van der Waals surface area contributed by atoms with E-state index in [1.165, 1.54) is 37.8 Å². The van der Waals surface area contributed by atoms with Crippen LogP contribution in [0.3, 0.4) is 0 Å². The minimum absolute atomic E-state index is 0.00374. The first-order valence-corrected chi connectivity index (χ1v) is 6.28. The Morgan fingerprint density at radius 3 is 2.56 bits per heavy atom. The zero-order chi connectivity index (χ0) is 11.5. The van der Waals surface area contributed by atoms with Crippen LogP contribution in [0, 0.1) is 6.92 Å². The van der Waals surface area contributed by atoms with Crippen LogP contribution >= 0.6 is 0 Å². The Bertz CT molecular complexity index is 354. The molecular weight excluding hydrogens is 198 g/mol. The molecule has 16 heavy (non-hydrogen) atoms. The molecule has 0 spiro atoms. The highest BCUT2D eigenvalue weighted by Crippen LogP contribution is 2.32. The van der Waals surface area contributed by atoms with Crippen LogP contribution in [0.4, 0.5) is 0 Å². The molecule has 88 valence electrons. The van der Waals surface area contributed by atoms with Gasteiger partial charge in [0.15, 0.2) is 0 Å². The molecule has 0 amide bonds. The van der Waals surface area contributed by atoms with Crippen LogP contribution in [0.15, 0.2) is 6.07 Å². The fraction of sp³-hybridized carbons (Fsp3) is 0.692. The third-order valence-corrected chi connectivity index (χ3v) is 3.37. The molecule has 1 heterocycles. The van der Waals surface area contributed by atoms with Crippen molar-refractivity contribution in [2.45, 2.75) is 57.9 Å². The van der Waals surface area contributed by atoms with Crippen molar-refractivity contribution >= 4 is 0 Å². The van der Waals surface area contributed by atoms with E-state index in [-0.39, 0.29) is 6.04 Å². The summed E-state index contributed by atoms with van der Waals surface area (Å²) in [6.45, 7) is 3.94. The molecule has 1 aromatic heterocycles. The molecule has 0 saturated heterocycles. The van der Waals surface area contributed by atoms with Crippen LogP contribution in [0.1, 0.15) is 68.2 Å². The summed E-state index contributed by atoms with van der Waals surface area (Å²) in [5, 5.41) is 0. The van der Waals surface area contributed by atoms with Crippen LogP contribution in [-0.4, -0.2) is 9.97 Å². The van der Waals surface area contributed by atoms with E-state index < -0.39 is 0 Å². The normalized spacial score (nSPS) is 19.7. The monoisotopic (exact) mass is 219 g/mol. The molecule has 1 aliphatic rings. The highest BCUT2D eigenvalue weighted by molar-refractivity contribution is 5.17. The van der Waals surface area contributed by atoms with Crippen LogP contribution < -0.4 is 5.73 Å². The van der Waals surface area contributed by atoms with Crippen molar-refractivity contribution in [3.05, 3.63) is 23.3 Å². The van der Waals surface area contributed by atoms with Crippen molar-refractivity contribution in [2.24, 2.45) is 5.73 Å². The topological polar surface area (TPSA) is 51.8 Å². The molecule has 0 bridgehead atoms. The van der Waals surface area contributed by atoms with Crippen molar-refractivity contribution in [1.82, 2.24) is 9.97 Å². The van der Waals surface area contributed by atoms with E-state index in [0.717, 1.165) is 11.5 Å². The molecule has 0 radical (unpaired) electrons. The van der Waals surface area contributed by atoms with E-state index in [2.05, 4.69) is 16.0 Å². The molecule has 2 N–H and O–H groups in total. The van der Waals surface area contributed by atoms with Crippen LogP contribution in [0.25, 0.3) is 0 Å². The molecule has 1 atom stereocenters. The van der Waals surface area contributed by atoms with E-state index in [0.29, 0.717) is 5.92 Å². The Balaban J connectivity index is 2.25. The Kier molecular flexibility index (Phi) is 3.54. The first-order valence-electron chi connectivity index (χ1n) is 6.28. The van der Waals surface area contributed by atoms with Crippen molar-refractivity contribution in [3.8, 4) is 0 Å². The minimum atomic E-state index is 0.00374. The molecule has 3 nitrogen and oxygen atoms in total. The molecule has 1 unspecified atom stereocenters. The zero-order valence-corrected chi connectivity index (χ0v) is 10.2. The van der Waals surface area contributed by atoms with Crippen molar-refractivity contribution in [3.63, 3.8) is 0 Å². The second-order valence-corrected chi connectivity index (χ2v) is 4.89. The fourth-order valence-electron chi connectivity index (χ4n) is 2.46. The SMILES string of the molecule is Cc1nc(C(C)N)cc(C2CCCCC2)n1. The van der Waals surface area contributed by atoms with E-state index in [9.17, 15) is 0 Å². The number of hydrogen-bond donors (Lipinski definition) is 1. The molecule has 1 aromatic rings. The van der Waals surface area contributed by atoms with Crippen LogP contribution in [0.2, 0.25) is 0 Å². The summed E-state index contributed by atoms with van der Waals surface area (Å²) in [7, 11) is 0.